The quantitative estimate of drug-likeness (QED) is 0.721. The number of aryl methyl sites for hydroxylation is 1. The van der Waals surface area contributed by atoms with Crippen LogP contribution in [0.4, 0.5) is 11.4 Å². The van der Waals surface area contributed by atoms with Crippen molar-refractivity contribution in [2.75, 3.05) is 30.4 Å². The molecule has 0 spiro atoms. The van der Waals surface area contributed by atoms with Crippen LogP contribution < -0.4 is 16.4 Å². The molecule has 2 rings (SSSR count). The summed E-state index contributed by atoms with van der Waals surface area (Å²) in [7, 11) is 0. The highest BCUT2D eigenvalue weighted by Gasteiger charge is 2.28. The van der Waals surface area contributed by atoms with Gasteiger partial charge in [-0.2, -0.15) is 0 Å². The fraction of sp³-hybridized carbons (Fsp3) is 0.417. The van der Waals surface area contributed by atoms with E-state index in [-0.39, 0.29) is 5.91 Å². The third kappa shape index (κ3) is 2.34. The van der Waals surface area contributed by atoms with E-state index in [0.29, 0.717) is 25.4 Å². The summed E-state index contributed by atoms with van der Waals surface area (Å²) in [5.41, 5.74) is 13.9. The van der Waals surface area contributed by atoms with E-state index in [4.69, 9.17) is 16.2 Å². The number of nitrogens with zero attached hydrogens (tertiary/aromatic N) is 1. The van der Waals surface area contributed by atoms with Gasteiger partial charge in [-0.05, 0) is 24.6 Å². The third-order valence-electron chi connectivity index (χ3n) is 2.95. The lowest BCUT2D eigenvalue weighted by Crippen LogP contribution is -2.52. The first-order valence-electron chi connectivity index (χ1n) is 5.59. The molecule has 5 nitrogen and oxygen atoms in total. The molecular weight excluding hydrogens is 218 g/mol. The van der Waals surface area contributed by atoms with Crippen LogP contribution in [-0.2, 0) is 9.53 Å². The summed E-state index contributed by atoms with van der Waals surface area (Å²) in [6.45, 7) is 3.52. The van der Waals surface area contributed by atoms with E-state index < -0.39 is 6.04 Å². The number of primary amides is 1. The van der Waals surface area contributed by atoms with Gasteiger partial charge >= 0.3 is 0 Å². The molecule has 1 heterocycles. The summed E-state index contributed by atoms with van der Waals surface area (Å²) in [5, 5.41) is 0. The number of carbonyl (C=O) groups is 1. The van der Waals surface area contributed by atoms with Crippen LogP contribution in [0.15, 0.2) is 18.2 Å². The molecule has 0 radical (unpaired) electrons. The zero-order valence-electron chi connectivity index (χ0n) is 9.85. The summed E-state index contributed by atoms with van der Waals surface area (Å²) in [4.78, 5) is 13.3. The van der Waals surface area contributed by atoms with Crippen LogP contribution in [0.3, 0.4) is 0 Å². The zero-order chi connectivity index (χ0) is 12.4. The number of carbonyl (C=O) groups excluding carboxylic acids is 1. The van der Waals surface area contributed by atoms with Gasteiger partial charge in [-0.25, -0.2) is 0 Å². The van der Waals surface area contributed by atoms with E-state index in [1.165, 1.54) is 0 Å². The molecular formula is C12H17N3O2. The normalized spacial score (nSPS) is 20.3. The van der Waals surface area contributed by atoms with E-state index in [2.05, 4.69) is 0 Å². The van der Waals surface area contributed by atoms with Gasteiger partial charge < -0.3 is 21.1 Å². The minimum Gasteiger partial charge on any atom is -0.397 e. The first-order chi connectivity index (χ1) is 8.09. The summed E-state index contributed by atoms with van der Waals surface area (Å²) < 4.78 is 5.28. The molecule has 0 bridgehead atoms. The van der Waals surface area contributed by atoms with E-state index in [9.17, 15) is 4.79 Å². The summed E-state index contributed by atoms with van der Waals surface area (Å²) in [6, 6.07) is 5.32. The first-order valence-corrected chi connectivity index (χ1v) is 5.59. The van der Waals surface area contributed by atoms with Gasteiger partial charge in [0.15, 0.2) is 0 Å². The molecule has 1 fully saturated rings. The van der Waals surface area contributed by atoms with Gasteiger partial charge in [-0.1, -0.05) is 6.07 Å². The number of hydrogen-bond acceptors (Lipinski definition) is 4. The molecule has 0 saturated carbocycles. The molecule has 1 aliphatic heterocycles. The van der Waals surface area contributed by atoms with Crippen molar-refractivity contribution in [3.8, 4) is 0 Å². The molecule has 0 aliphatic carbocycles. The Hall–Kier alpha value is -1.75. The van der Waals surface area contributed by atoms with Gasteiger partial charge in [-0.15, -0.1) is 0 Å². The number of hydrogen-bond donors (Lipinski definition) is 2. The summed E-state index contributed by atoms with van der Waals surface area (Å²) in [6.07, 6.45) is 0. The monoisotopic (exact) mass is 235 g/mol. The van der Waals surface area contributed by atoms with Crippen molar-refractivity contribution in [3.05, 3.63) is 23.8 Å². The van der Waals surface area contributed by atoms with Crippen molar-refractivity contribution >= 4 is 17.3 Å². The number of morpholine rings is 1. The van der Waals surface area contributed by atoms with E-state index >= 15 is 0 Å². The SMILES string of the molecule is Cc1ccc(N)c(N2CCOCC2C(N)=O)c1. The van der Waals surface area contributed by atoms with Gasteiger partial charge in [0.05, 0.1) is 24.6 Å². The maximum absolute atomic E-state index is 11.4. The Morgan fingerprint density at radius 1 is 1.53 bits per heavy atom. The molecule has 0 aromatic heterocycles. The number of anilines is 2. The molecule has 1 amide bonds. The van der Waals surface area contributed by atoms with E-state index in [1.807, 2.05) is 30.0 Å². The van der Waals surface area contributed by atoms with Crippen LogP contribution in [-0.4, -0.2) is 31.7 Å². The van der Waals surface area contributed by atoms with Crippen LogP contribution in [0.25, 0.3) is 0 Å². The largest absolute Gasteiger partial charge is 0.397 e. The molecule has 1 unspecified atom stereocenters. The molecule has 5 heteroatoms. The Morgan fingerprint density at radius 2 is 2.29 bits per heavy atom. The number of nitrogens with two attached hydrogens (primary N) is 2. The highest BCUT2D eigenvalue weighted by atomic mass is 16.5. The average Bonchev–Trinajstić information content (AvgIpc) is 2.32. The number of benzene rings is 1. The Kier molecular flexibility index (Phi) is 3.19. The predicted octanol–water partition coefficient (Wildman–Crippen LogP) is 0.268. The Labute approximate surface area is 100 Å². The van der Waals surface area contributed by atoms with E-state index in [0.717, 1.165) is 11.3 Å². The summed E-state index contributed by atoms with van der Waals surface area (Å²) >= 11 is 0. The van der Waals surface area contributed by atoms with Crippen LogP contribution in [0.1, 0.15) is 5.56 Å². The maximum Gasteiger partial charge on any atom is 0.242 e. The lowest BCUT2D eigenvalue weighted by atomic mass is 10.1. The van der Waals surface area contributed by atoms with Crippen molar-refractivity contribution in [1.29, 1.82) is 0 Å². The average molecular weight is 235 g/mol. The van der Waals surface area contributed by atoms with Gasteiger partial charge in [0.2, 0.25) is 5.91 Å². The lowest BCUT2D eigenvalue weighted by Gasteiger charge is -2.36. The molecule has 1 aromatic carbocycles. The van der Waals surface area contributed by atoms with Crippen molar-refractivity contribution in [3.63, 3.8) is 0 Å². The van der Waals surface area contributed by atoms with Gasteiger partial charge in [0, 0.05) is 6.54 Å². The van der Waals surface area contributed by atoms with Crippen molar-refractivity contribution in [2.45, 2.75) is 13.0 Å². The molecule has 1 saturated heterocycles. The fourth-order valence-electron chi connectivity index (χ4n) is 2.03. The predicted molar refractivity (Wildman–Crippen MR) is 66.7 cm³/mol. The Bertz CT molecular complexity index is 434. The molecule has 92 valence electrons. The topological polar surface area (TPSA) is 81.6 Å². The van der Waals surface area contributed by atoms with Gasteiger partial charge in [0.1, 0.15) is 6.04 Å². The molecule has 17 heavy (non-hydrogen) atoms. The minimum atomic E-state index is -0.437. The highest BCUT2D eigenvalue weighted by Crippen LogP contribution is 2.27. The molecule has 1 atom stereocenters. The number of rotatable bonds is 2. The lowest BCUT2D eigenvalue weighted by molar-refractivity contribution is -0.121. The van der Waals surface area contributed by atoms with Crippen LogP contribution in [0.5, 0.6) is 0 Å². The van der Waals surface area contributed by atoms with Crippen LogP contribution in [0.2, 0.25) is 0 Å². The number of nitrogen functional groups attached to an aromatic ring is 1. The van der Waals surface area contributed by atoms with Crippen molar-refractivity contribution in [1.82, 2.24) is 0 Å². The third-order valence-corrected chi connectivity index (χ3v) is 2.95. The second kappa shape index (κ2) is 4.63. The minimum absolute atomic E-state index is 0.322. The molecule has 1 aliphatic rings. The van der Waals surface area contributed by atoms with E-state index in [1.54, 1.807) is 0 Å². The van der Waals surface area contributed by atoms with Crippen molar-refractivity contribution < 1.29 is 9.53 Å². The summed E-state index contributed by atoms with van der Waals surface area (Å²) in [5.74, 6) is -0.384. The molecule has 4 N–H and O–H groups in total. The Morgan fingerprint density at radius 3 is 3.00 bits per heavy atom. The number of ether oxygens (including phenoxy) is 1. The standard InChI is InChI=1S/C12H17N3O2/c1-8-2-3-9(13)10(6-8)15-4-5-17-7-11(15)12(14)16/h2-3,6,11H,4-5,7,13H2,1H3,(H2,14,16). The fourth-order valence-corrected chi connectivity index (χ4v) is 2.03. The molecule has 1 aromatic rings. The maximum atomic E-state index is 11.4. The Balaban J connectivity index is 2.35. The highest BCUT2D eigenvalue weighted by molar-refractivity contribution is 5.85. The second-order valence-corrected chi connectivity index (χ2v) is 4.25. The second-order valence-electron chi connectivity index (χ2n) is 4.25. The van der Waals surface area contributed by atoms with Crippen molar-refractivity contribution in [2.24, 2.45) is 5.73 Å². The van der Waals surface area contributed by atoms with Gasteiger partial charge in [0.25, 0.3) is 0 Å². The number of amides is 1. The first kappa shape index (κ1) is 11.7. The van der Waals surface area contributed by atoms with Crippen LogP contribution in [0, 0.1) is 6.92 Å². The van der Waals surface area contributed by atoms with Gasteiger partial charge in [-0.3, -0.25) is 4.79 Å². The van der Waals surface area contributed by atoms with Crippen LogP contribution >= 0.6 is 0 Å². The smallest absolute Gasteiger partial charge is 0.242 e. The zero-order valence-corrected chi connectivity index (χ0v) is 9.85.